The fourth-order valence-corrected chi connectivity index (χ4v) is 4.38. The number of nitrogens with two attached hydrogens (primary N) is 1. The molecule has 24 heavy (non-hydrogen) atoms. The van der Waals surface area contributed by atoms with Gasteiger partial charge in [-0.3, -0.25) is 0 Å². The number of rotatable bonds is 0. The molecule has 120 valence electrons. The number of para-hydroxylation sites is 2. The zero-order valence-electron chi connectivity index (χ0n) is 13.6. The number of hydrogen-bond acceptors (Lipinski definition) is 3. The van der Waals surface area contributed by atoms with E-state index in [-0.39, 0.29) is 5.60 Å². The number of nitrogen functional groups attached to an aromatic ring is 1. The molecule has 1 fully saturated rings. The molecule has 2 aliphatic rings. The first-order valence-corrected chi connectivity index (χ1v) is 8.76. The molecule has 0 bridgehead atoms. The van der Waals surface area contributed by atoms with Crippen LogP contribution in [0, 0.1) is 0 Å². The number of nitrogens with zero attached hydrogens (tertiary/aromatic N) is 1. The smallest absolute Gasteiger partial charge is 0.138 e. The molecule has 1 aliphatic heterocycles. The number of ether oxygens (including phenoxy) is 1. The van der Waals surface area contributed by atoms with Gasteiger partial charge in [0.1, 0.15) is 11.4 Å². The highest BCUT2D eigenvalue weighted by Crippen LogP contribution is 2.53. The summed E-state index contributed by atoms with van der Waals surface area (Å²) in [6.45, 7) is 0. The van der Waals surface area contributed by atoms with E-state index in [1.807, 2.05) is 30.3 Å². The highest BCUT2D eigenvalue weighted by Gasteiger charge is 2.44. The van der Waals surface area contributed by atoms with E-state index in [1.54, 1.807) is 0 Å². The maximum absolute atomic E-state index is 6.68. The Kier molecular flexibility index (Phi) is 2.87. The summed E-state index contributed by atoms with van der Waals surface area (Å²) in [6, 6.07) is 16.4. The molecule has 3 nitrogen and oxygen atoms in total. The summed E-state index contributed by atoms with van der Waals surface area (Å²) in [5.41, 5.74) is 11.3. The molecular formula is C21H20N2O. The van der Waals surface area contributed by atoms with Crippen molar-refractivity contribution in [3.63, 3.8) is 0 Å². The van der Waals surface area contributed by atoms with Crippen molar-refractivity contribution >= 4 is 16.6 Å². The predicted molar refractivity (Wildman–Crippen MR) is 97.0 cm³/mol. The van der Waals surface area contributed by atoms with E-state index >= 15 is 0 Å². The zero-order chi connectivity index (χ0) is 16.1. The monoisotopic (exact) mass is 316 g/mol. The normalized spacial score (nSPS) is 18.0. The van der Waals surface area contributed by atoms with Crippen LogP contribution in [0.15, 0.2) is 48.5 Å². The van der Waals surface area contributed by atoms with Gasteiger partial charge in [-0.2, -0.15) is 0 Å². The summed E-state index contributed by atoms with van der Waals surface area (Å²) in [5.74, 6) is 0.939. The minimum atomic E-state index is -0.316. The van der Waals surface area contributed by atoms with Crippen molar-refractivity contribution in [2.45, 2.75) is 37.7 Å². The molecule has 3 heteroatoms. The van der Waals surface area contributed by atoms with Gasteiger partial charge in [0.15, 0.2) is 0 Å². The topological polar surface area (TPSA) is 48.1 Å². The Labute approximate surface area is 141 Å². The lowest BCUT2D eigenvalue weighted by Crippen LogP contribution is -2.39. The fourth-order valence-electron chi connectivity index (χ4n) is 4.38. The van der Waals surface area contributed by atoms with E-state index in [0.29, 0.717) is 0 Å². The Bertz CT molecular complexity index is 942. The van der Waals surface area contributed by atoms with Gasteiger partial charge in [-0.05, 0) is 43.9 Å². The Morgan fingerprint density at radius 2 is 1.67 bits per heavy atom. The number of pyridine rings is 1. The van der Waals surface area contributed by atoms with Crippen LogP contribution in [-0.4, -0.2) is 4.98 Å². The zero-order valence-corrected chi connectivity index (χ0v) is 13.6. The van der Waals surface area contributed by atoms with Crippen molar-refractivity contribution in [1.29, 1.82) is 0 Å². The third-order valence-electron chi connectivity index (χ3n) is 5.50. The van der Waals surface area contributed by atoms with Gasteiger partial charge in [-0.25, -0.2) is 4.98 Å². The van der Waals surface area contributed by atoms with Crippen molar-refractivity contribution in [3.8, 4) is 17.0 Å². The molecule has 0 radical (unpaired) electrons. The van der Waals surface area contributed by atoms with E-state index in [4.69, 9.17) is 15.5 Å². The van der Waals surface area contributed by atoms with Crippen LogP contribution >= 0.6 is 0 Å². The number of benzene rings is 2. The molecule has 1 saturated carbocycles. The minimum absolute atomic E-state index is 0.316. The van der Waals surface area contributed by atoms with Gasteiger partial charge in [0.05, 0.1) is 16.9 Å². The maximum Gasteiger partial charge on any atom is 0.138 e. The SMILES string of the molecule is Nc1c2c(nc3ccccc13)-c1ccccc1OC21CCCCC1. The molecule has 5 rings (SSSR count). The van der Waals surface area contributed by atoms with E-state index < -0.39 is 0 Å². The Hall–Kier alpha value is -2.55. The lowest BCUT2D eigenvalue weighted by Gasteiger charge is -2.43. The van der Waals surface area contributed by atoms with Gasteiger partial charge in [-0.15, -0.1) is 0 Å². The molecule has 0 saturated heterocycles. The number of hydrogen-bond donors (Lipinski definition) is 1. The van der Waals surface area contributed by atoms with Gasteiger partial charge in [0.25, 0.3) is 0 Å². The van der Waals surface area contributed by atoms with Gasteiger partial charge < -0.3 is 10.5 Å². The molecule has 1 spiro atoms. The van der Waals surface area contributed by atoms with Gasteiger partial charge in [0.2, 0.25) is 0 Å². The second kappa shape index (κ2) is 4.97. The minimum Gasteiger partial charge on any atom is -0.482 e. The van der Waals surface area contributed by atoms with Crippen LogP contribution in [-0.2, 0) is 5.60 Å². The molecule has 0 unspecified atom stereocenters. The molecule has 1 aromatic heterocycles. The second-order valence-corrected chi connectivity index (χ2v) is 6.92. The molecular weight excluding hydrogens is 296 g/mol. The van der Waals surface area contributed by atoms with Crippen LogP contribution in [0.2, 0.25) is 0 Å². The van der Waals surface area contributed by atoms with Crippen LogP contribution in [0.25, 0.3) is 22.2 Å². The number of aromatic nitrogens is 1. The Morgan fingerprint density at radius 3 is 2.54 bits per heavy atom. The highest BCUT2D eigenvalue weighted by molar-refractivity contribution is 5.97. The first-order valence-electron chi connectivity index (χ1n) is 8.76. The first-order chi connectivity index (χ1) is 11.8. The van der Waals surface area contributed by atoms with Crippen molar-refractivity contribution in [2.24, 2.45) is 0 Å². The van der Waals surface area contributed by atoms with Crippen molar-refractivity contribution in [3.05, 3.63) is 54.1 Å². The fraction of sp³-hybridized carbons (Fsp3) is 0.286. The lowest BCUT2D eigenvalue weighted by atomic mass is 9.75. The summed E-state index contributed by atoms with van der Waals surface area (Å²) in [5, 5.41) is 1.03. The van der Waals surface area contributed by atoms with Crippen LogP contribution < -0.4 is 10.5 Å². The second-order valence-electron chi connectivity index (χ2n) is 6.92. The summed E-state index contributed by atoms with van der Waals surface area (Å²) in [7, 11) is 0. The van der Waals surface area contributed by atoms with Crippen LogP contribution in [0.3, 0.4) is 0 Å². The lowest BCUT2D eigenvalue weighted by molar-refractivity contribution is 0.0244. The third-order valence-corrected chi connectivity index (χ3v) is 5.50. The molecule has 1 aliphatic carbocycles. The Balaban J connectivity index is 1.89. The third kappa shape index (κ3) is 1.81. The van der Waals surface area contributed by atoms with Gasteiger partial charge in [0, 0.05) is 16.5 Å². The molecule has 0 amide bonds. The largest absolute Gasteiger partial charge is 0.482 e. The predicted octanol–water partition coefficient (Wildman–Crippen LogP) is 5.04. The molecule has 2 heterocycles. The average Bonchev–Trinajstić information content (AvgIpc) is 2.62. The van der Waals surface area contributed by atoms with Gasteiger partial charge in [-0.1, -0.05) is 36.8 Å². The van der Waals surface area contributed by atoms with E-state index in [1.165, 1.54) is 19.3 Å². The number of fused-ring (bicyclic) bond motifs is 5. The first kappa shape index (κ1) is 13.8. The Morgan fingerprint density at radius 1 is 0.917 bits per heavy atom. The quantitative estimate of drug-likeness (QED) is 0.632. The number of anilines is 1. The van der Waals surface area contributed by atoms with Gasteiger partial charge >= 0.3 is 0 Å². The maximum atomic E-state index is 6.68. The van der Waals surface area contributed by atoms with Crippen molar-refractivity contribution in [1.82, 2.24) is 4.98 Å². The van der Waals surface area contributed by atoms with Crippen LogP contribution in [0.1, 0.15) is 37.7 Å². The summed E-state index contributed by atoms with van der Waals surface area (Å²) in [6.07, 6.45) is 5.64. The van der Waals surface area contributed by atoms with Crippen LogP contribution in [0.5, 0.6) is 5.75 Å². The van der Waals surface area contributed by atoms with E-state index in [0.717, 1.165) is 52.0 Å². The molecule has 2 N–H and O–H groups in total. The van der Waals surface area contributed by atoms with E-state index in [9.17, 15) is 0 Å². The highest BCUT2D eigenvalue weighted by atomic mass is 16.5. The summed E-state index contributed by atoms with van der Waals surface area (Å²) in [4.78, 5) is 5.01. The van der Waals surface area contributed by atoms with Crippen LogP contribution in [0.4, 0.5) is 5.69 Å². The van der Waals surface area contributed by atoms with E-state index in [2.05, 4.69) is 18.2 Å². The summed E-state index contributed by atoms with van der Waals surface area (Å²) < 4.78 is 6.60. The molecule has 2 aromatic carbocycles. The van der Waals surface area contributed by atoms with Crippen molar-refractivity contribution < 1.29 is 4.74 Å². The summed E-state index contributed by atoms with van der Waals surface area (Å²) >= 11 is 0. The standard InChI is InChI=1S/C21H20N2O/c22-19-14-8-2-4-10-16(14)23-20-15-9-3-5-11-17(15)24-21(18(19)20)12-6-1-7-13-21/h2-5,8-11H,1,6-7,12-13H2,(H2,22,23). The average molecular weight is 316 g/mol. The van der Waals surface area contributed by atoms with Crippen molar-refractivity contribution in [2.75, 3.05) is 5.73 Å². The molecule has 3 aromatic rings. The molecule has 0 atom stereocenters.